The fourth-order valence-electron chi connectivity index (χ4n) is 8.51. The summed E-state index contributed by atoms with van der Waals surface area (Å²) in [5, 5.41) is 0. The molecule has 0 bridgehead atoms. The first-order valence-corrected chi connectivity index (χ1v) is 19.0. The van der Waals surface area contributed by atoms with Crippen LogP contribution in [-0.4, -0.2) is 79.3 Å². The Kier molecular flexibility index (Phi) is 27.0. The molecule has 6 saturated heterocycles. The average Bonchev–Trinajstić information content (AvgIpc) is 2.92. The number of ether oxygens (including phenoxy) is 6. The van der Waals surface area contributed by atoms with E-state index in [1.54, 1.807) is 6.92 Å². The molecule has 6 aliphatic rings. The Bertz CT molecular complexity index is 1070. The van der Waals surface area contributed by atoms with Crippen LogP contribution in [0.4, 0.5) is 0 Å². The second-order valence-electron chi connectivity index (χ2n) is 18.5. The van der Waals surface area contributed by atoms with Crippen molar-refractivity contribution in [3.8, 4) is 0 Å². The minimum Gasteiger partial charge on any atom is -0.507 e. The topological polar surface area (TPSA) is 55.4 Å². The van der Waals surface area contributed by atoms with Gasteiger partial charge in [-0.1, -0.05) is 109 Å². The summed E-state index contributed by atoms with van der Waals surface area (Å²) >= 11 is 0. The SMILES string of the molecule is C=C(C)C(C(=C)C)C(=C)C.C=C(C)CC(=C)C.C=[C-]C.CC1(C(C2(C)COC2)C2(C)COC2)COC1.CC1(CC2(C)COC2)COC1.C[C-]1COC1.[Y].[Y]. The van der Waals surface area contributed by atoms with E-state index in [4.69, 9.17) is 28.4 Å². The average molecular weight is 905 g/mol. The predicted octanol–water partition coefficient (Wildman–Crippen LogP) is 10.6. The normalized spacial score (nSPS) is 22.0. The third-order valence-corrected chi connectivity index (χ3v) is 10.1. The van der Waals surface area contributed by atoms with Crippen LogP contribution in [0.25, 0.3) is 0 Å². The number of allylic oxidation sites excluding steroid dienone is 6. The molecule has 0 aromatic rings. The van der Waals surface area contributed by atoms with Crippen LogP contribution in [0.1, 0.15) is 95.9 Å². The molecule has 54 heavy (non-hydrogen) atoms. The maximum atomic E-state index is 5.46. The fourth-order valence-corrected chi connectivity index (χ4v) is 8.51. The molecule has 6 heterocycles. The fraction of sp³-hybridized carbons (Fsp3) is 0.717. The first-order chi connectivity index (χ1) is 24.0. The molecule has 0 amide bonds. The summed E-state index contributed by atoms with van der Waals surface area (Å²) in [7, 11) is 0. The molecule has 6 rings (SSSR count). The number of hydrogen-bond donors (Lipinski definition) is 0. The van der Waals surface area contributed by atoms with Gasteiger partial charge in [-0.05, 0) is 53.4 Å². The minimum atomic E-state index is 0. The Morgan fingerprint density at radius 2 is 0.796 bits per heavy atom. The van der Waals surface area contributed by atoms with Crippen LogP contribution >= 0.6 is 0 Å². The van der Waals surface area contributed by atoms with Gasteiger partial charge < -0.3 is 34.5 Å². The van der Waals surface area contributed by atoms with Crippen molar-refractivity contribution in [3.63, 3.8) is 0 Å². The van der Waals surface area contributed by atoms with Gasteiger partial charge in [0, 0.05) is 98.4 Å². The van der Waals surface area contributed by atoms with Crippen molar-refractivity contribution in [2.45, 2.75) is 95.9 Å². The van der Waals surface area contributed by atoms with Crippen molar-refractivity contribution in [3.05, 3.63) is 79.3 Å². The molecule has 2 radical (unpaired) electrons. The van der Waals surface area contributed by atoms with Gasteiger partial charge in [0.2, 0.25) is 0 Å². The smallest absolute Gasteiger partial charge is 0.0545 e. The van der Waals surface area contributed by atoms with Gasteiger partial charge in [-0.3, -0.25) is 12.5 Å². The monoisotopic (exact) mass is 904 g/mol. The van der Waals surface area contributed by atoms with Crippen molar-refractivity contribution in [2.24, 2.45) is 38.9 Å². The molecule has 8 heteroatoms. The van der Waals surface area contributed by atoms with Crippen molar-refractivity contribution in [1.29, 1.82) is 0 Å². The Hall–Kier alpha value is 0.408. The molecular formula is C46H78O6Y2-2. The van der Waals surface area contributed by atoms with E-state index in [1.165, 1.54) is 23.5 Å². The van der Waals surface area contributed by atoms with Crippen LogP contribution in [0.15, 0.2) is 67.3 Å². The summed E-state index contributed by atoms with van der Waals surface area (Å²) in [6.07, 6.45) is 4.74. The molecule has 0 spiro atoms. The molecule has 0 N–H and O–H groups in total. The summed E-state index contributed by atoms with van der Waals surface area (Å²) < 4.78 is 31.6. The molecule has 0 aromatic heterocycles. The van der Waals surface area contributed by atoms with Crippen molar-refractivity contribution < 1.29 is 93.8 Å². The maximum Gasteiger partial charge on any atom is 0.0545 e. The quantitative estimate of drug-likeness (QED) is 0.161. The molecule has 0 unspecified atom stereocenters. The van der Waals surface area contributed by atoms with Gasteiger partial charge in [-0.2, -0.15) is 13.8 Å². The van der Waals surface area contributed by atoms with Gasteiger partial charge >= 0.3 is 0 Å². The molecule has 6 fully saturated rings. The molecule has 0 aliphatic carbocycles. The second-order valence-corrected chi connectivity index (χ2v) is 18.5. The van der Waals surface area contributed by atoms with E-state index in [-0.39, 0.29) is 65.4 Å². The molecular weight excluding hydrogens is 826 g/mol. The summed E-state index contributed by atoms with van der Waals surface area (Å²) in [5.41, 5.74) is 7.65. The Morgan fingerprint density at radius 3 is 0.870 bits per heavy atom. The first-order valence-electron chi connectivity index (χ1n) is 19.0. The molecule has 6 aliphatic heterocycles. The predicted molar refractivity (Wildman–Crippen MR) is 219 cm³/mol. The van der Waals surface area contributed by atoms with E-state index in [0.29, 0.717) is 38.9 Å². The van der Waals surface area contributed by atoms with Crippen LogP contribution in [0.2, 0.25) is 0 Å². The molecule has 306 valence electrons. The summed E-state index contributed by atoms with van der Waals surface area (Å²) in [6.45, 7) is 59.0. The van der Waals surface area contributed by atoms with E-state index in [2.05, 4.69) is 87.1 Å². The Labute approximate surface area is 383 Å². The van der Waals surface area contributed by atoms with Crippen molar-refractivity contribution in [1.82, 2.24) is 0 Å². The van der Waals surface area contributed by atoms with Crippen LogP contribution in [0.3, 0.4) is 0 Å². The zero-order chi connectivity index (χ0) is 40.0. The Balaban J connectivity index is 0. The zero-order valence-corrected chi connectivity index (χ0v) is 42.6. The maximum absolute atomic E-state index is 5.46. The van der Waals surface area contributed by atoms with E-state index in [9.17, 15) is 0 Å². The zero-order valence-electron chi connectivity index (χ0n) is 36.9. The molecule has 6 nitrogen and oxygen atoms in total. The van der Waals surface area contributed by atoms with Gasteiger partial charge in [0.15, 0.2) is 0 Å². The third kappa shape index (κ3) is 18.6. The van der Waals surface area contributed by atoms with E-state index in [0.717, 1.165) is 102 Å². The minimum absolute atomic E-state index is 0. The van der Waals surface area contributed by atoms with Crippen LogP contribution in [0.5, 0.6) is 0 Å². The van der Waals surface area contributed by atoms with E-state index < -0.39 is 0 Å². The van der Waals surface area contributed by atoms with Gasteiger partial charge in [0.25, 0.3) is 0 Å². The summed E-state index contributed by atoms with van der Waals surface area (Å²) in [4.78, 5) is 0. The number of rotatable bonds is 10. The third-order valence-electron chi connectivity index (χ3n) is 10.1. The van der Waals surface area contributed by atoms with E-state index in [1.807, 2.05) is 34.6 Å². The van der Waals surface area contributed by atoms with Crippen molar-refractivity contribution in [2.75, 3.05) is 79.3 Å². The van der Waals surface area contributed by atoms with Gasteiger partial charge in [0.05, 0.1) is 66.1 Å². The molecule has 0 atom stereocenters. The van der Waals surface area contributed by atoms with E-state index >= 15 is 0 Å². The largest absolute Gasteiger partial charge is 0.507 e. The van der Waals surface area contributed by atoms with Crippen molar-refractivity contribution >= 4 is 0 Å². The second kappa shape index (κ2) is 25.8. The molecule has 0 saturated carbocycles. The summed E-state index contributed by atoms with van der Waals surface area (Å²) in [6, 6.07) is 0. The Morgan fingerprint density at radius 1 is 0.556 bits per heavy atom. The standard InChI is InChI=1S/C13H22O3.C10H16.C9H16O2.C7H12.C4H7O.C3H5.2Y/c1-11(4-14-5-11)10(12(2)6-15-7-12)13(3)8-16-9-13;1-7(2)10(8(3)4)9(5)6;1-8(4-10-5-8)3-9(2)6-11-7-9;1-6(2)5-7(3)4;1-4-2-5-3-4;1-3-2;;/h10H,4-9H2,1-3H3;10H,1,3,5H2,2,4,6H3;3-7H2,1-2H3;1,3,5H2,2,4H3;2-3H2,1H3;1H2,2H3;;/q;;;;2*-1;;. The van der Waals surface area contributed by atoms with Gasteiger partial charge in [-0.15, -0.1) is 0 Å². The van der Waals surface area contributed by atoms with Crippen LogP contribution in [-0.2, 0) is 93.8 Å². The van der Waals surface area contributed by atoms with Gasteiger partial charge in [-0.25, -0.2) is 0 Å². The first kappa shape index (κ1) is 56.5. The van der Waals surface area contributed by atoms with Crippen LogP contribution in [0, 0.1) is 50.9 Å². The number of hydrogen-bond acceptors (Lipinski definition) is 6. The molecule has 0 aromatic carbocycles. The summed E-state index contributed by atoms with van der Waals surface area (Å²) in [5.74, 6) is 2.42. The van der Waals surface area contributed by atoms with Crippen LogP contribution < -0.4 is 0 Å². The van der Waals surface area contributed by atoms with Gasteiger partial charge in [0.1, 0.15) is 0 Å².